The van der Waals surface area contributed by atoms with E-state index >= 15 is 0 Å². The fourth-order valence-corrected chi connectivity index (χ4v) is 6.11. The summed E-state index contributed by atoms with van der Waals surface area (Å²) in [7, 11) is -3.60. The average molecular weight is 364 g/mol. The van der Waals surface area contributed by atoms with Crippen molar-refractivity contribution < 1.29 is 8.42 Å². The third kappa shape index (κ3) is 3.44. The quantitative estimate of drug-likeness (QED) is 0.778. The van der Waals surface area contributed by atoms with Crippen LogP contribution < -0.4 is 0 Å². The van der Waals surface area contributed by atoms with Crippen LogP contribution in [0, 0.1) is 6.92 Å². The van der Waals surface area contributed by atoms with Crippen LogP contribution in [0.5, 0.6) is 0 Å². The highest BCUT2D eigenvalue weighted by Gasteiger charge is 2.38. The Morgan fingerprint density at radius 3 is 2.43 bits per heavy atom. The van der Waals surface area contributed by atoms with Gasteiger partial charge in [0.25, 0.3) is 10.0 Å². The van der Waals surface area contributed by atoms with Gasteiger partial charge in [0.05, 0.1) is 10.9 Å². The van der Waals surface area contributed by atoms with Gasteiger partial charge in [-0.05, 0) is 31.0 Å². The molecule has 3 nitrogen and oxygen atoms in total. The zero-order valence-corrected chi connectivity index (χ0v) is 15.1. The number of hydrogen-bond donors (Lipinski definition) is 0. The van der Waals surface area contributed by atoms with Crippen molar-refractivity contribution in [1.29, 1.82) is 0 Å². The highest BCUT2D eigenvalue weighted by atomic mass is 32.2. The van der Waals surface area contributed by atoms with E-state index in [9.17, 15) is 8.42 Å². The molecule has 2 aromatic carbocycles. The lowest BCUT2D eigenvalue weighted by Gasteiger charge is -2.25. The first-order valence-electron chi connectivity index (χ1n) is 7.30. The number of thiocarbonyl (C=S) groups is 1. The Labute approximate surface area is 146 Å². The Hall–Kier alpha value is -1.37. The lowest BCUT2D eigenvalue weighted by molar-refractivity contribution is 0.468. The molecule has 1 aliphatic heterocycles. The maximum atomic E-state index is 13.0. The van der Waals surface area contributed by atoms with Crippen molar-refractivity contribution in [2.24, 2.45) is 0 Å². The second kappa shape index (κ2) is 6.63. The summed E-state index contributed by atoms with van der Waals surface area (Å²) >= 11 is 6.75. The minimum Gasteiger partial charge on any atom is -0.246 e. The van der Waals surface area contributed by atoms with Gasteiger partial charge < -0.3 is 0 Å². The molecule has 1 saturated heterocycles. The van der Waals surface area contributed by atoms with Gasteiger partial charge in [-0.1, -0.05) is 72.0 Å². The molecule has 3 rings (SSSR count). The number of benzene rings is 2. The molecular weight excluding hydrogens is 346 g/mol. The van der Waals surface area contributed by atoms with E-state index in [0.29, 0.717) is 21.4 Å². The molecule has 0 aliphatic carbocycles. The van der Waals surface area contributed by atoms with E-state index in [4.69, 9.17) is 12.2 Å². The van der Waals surface area contributed by atoms with Crippen molar-refractivity contribution in [1.82, 2.24) is 4.31 Å². The Balaban J connectivity index is 1.91. The van der Waals surface area contributed by atoms with Crippen LogP contribution in [0.4, 0.5) is 0 Å². The first kappa shape index (κ1) is 16.5. The highest BCUT2D eigenvalue weighted by molar-refractivity contribution is 8.24. The molecule has 120 valence electrons. The van der Waals surface area contributed by atoms with Crippen molar-refractivity contribution in [2.75, 3.05) is 5.75 Å². The molecular formula is C17H17NO2S3. The SMILES string of the molecule is Cc1ccc(S(=O)(=O)N2C(=S)SC[C@H]2Cc2ccccc2)cc1. The van der Waals surface area contributed by atoms with E-state index in [1.54, 1.807) is 12.1 Å². The molecule has 0 bridgehead atoms. The van der Waals surface area contributed by atoms with Gasteiger partial charge in [-0.25, -0.2) is 12.7 Å². The number of nitrogens with zero attached hydrogens (tertiary/aromatic N) is 1. The van der Waals surface area contributed by atoms with Gasteiger partial charge in [-0.2, -0.15) is 0 Å². The third-order valence-electron chi connectivity index (χ3n) is 3.80. The second-order valence-electron chi connectivity index (χ2n) is 5.53. The average Bonchev–Trinajstić information content (AvgIpc) is 2.90. The highest BCUT2D eigenvalue weighted by Crippen LogP contribution is 2.32. The minimum atomic E-state index is -3.60. The third-order valence-corrected chi connectivity index (χ3v) is 7.45. The second-order valence-corrected chi connectivity index (χ2v) is 9.00. The van der Waals surface area contributed by atoms with E-state index in [1.807, 2.05) is 49.4 Å². The summed E-state index contributed by atoms with van der Waals surface area (Å²) in [5, 5.41) is 0. The minimum absolute atomic E-state index is 0.138. The summed E-state index contributed by atoms with van der Waals surface area (Å²) in [6, 6.07) is 16.7. The van der Waals surface area contributed by atoms with Gasteiger partial charge >= 0.3 is 0 Å². The van der Waals surface area contributed by atoms with E-state index in [0.717, 1.165) is 11.1 Å². The fraction of sp³-hybridized carbons (Fsp3) is 0.235. The smallest absolute Gasteiger partial charge is 0.246 e. The summed E-state index contributed by atoms with van der Waals surface area (Å²) in [6.07, 6.45) is 0.666. The zero-order chi connectivity index (χ0) is 16.4. The monoisotopic (exact) mass is 363 g/mol. The first-order chi connectivity index (χ1) is 11.0. The molecule has 6 heteroatoms. The fourth-order valence-electron chi connectivity index (χ4n) is 2.59. The van der Waals surface area contributed by atoms with Gasteiger partial charge in [-0.15, -0.1) is 0 Å². The topological polar surface area (TPSA) is 37.4 Å². The van der Waals surface area contributed by atoms with E-state index in [1.165, 1.54) is 16.1 Å². The Bertz CT molecular complexity index is 801. The van der Waals surface area contributed by atoms with Crippen LogP contribution >= 0.6 is 24.0 Å². The maximum absolute atomic E-state index is 13.0. The Morgan fingerprint density at radius 1 is 1.13 bits per heavy atom. The number of sulfonamides is 1. The standard InChI is InChI=1S/C17H17NO2S3/c1-13-7-9-16(10-8-13)23(19,20)18-15(12-22-17(18)21)11-14-5-3-2-4-6-14/h2-10,15H,11-12H2,1H3/t15-/m1/s1. The predicted octanol–water partition coefficient (Wildman–Crippen LogP) is 3.63. The van der Waals surface area contributed by atoms with Gasteiger partial charge in [0.2, 0.25) is 0 Å². The van der Waals surface area contributed by atoms with Crippen molar-refractivity contribution in [2.45, 2.75) is 24.3 Å². The molecule has 0 radical (unpaired) electrons. The molecule has 0 unspecified atom stereocenters. The summed E-state index contributed by atoms with van der Waals surface area (Å²) in [6.45, 7) is 1.94. The van der Waals surface area contributed by atoms with Crippen molar-refractivity contribution in [3.05, 3.63) is 65.7 Å². The molecule has 23 heavy (non-hydrogen) atoms. The van der Waals surface area contributed by atoms with Gasteiger partial charge in [-0.3, -0.25) is 0 Å². The summed E-state index contributed by atoms with van der Waals surface area (Å²) in [5.74, 6) is 0.693. The largest absolute Gasteiger partial charge is 0.265 e. The van der Waals surface area contributed by atoms with Crippen LogP contribution in [0.15, 0.2) is 59.5 Å². The van der Waals surface area contributed by atoms with Crippen LogP contribution in [0.3, 0.4) is 0 Å². The molecule has 0 amide bonds. The van der Waals surface area contributed by atoms with E-state index in [-0.39, 0.29) is 6.04 Å². The van der Waals surface area contributed by atoms with Crippen LogP contribution in [-0.2, 0) is 16.4 Å². The lowest BCUT2D eigenvalue weighted by atomic mass is 10.1. The normalized spacial score (nSPS) is 18.4. The molecule has 2 aromatic rings. The van der Waals surface area contributed by atoms with E-state index < -0.39 is 10.0 Å². The summed E-state index contributed by atoms with van der Waals surface area (Å²) in [5.41, 5.74) is 2.15. The Kier molecular flexibility index (Phi) is 4.75. The van der Waals surface area contributed by atoms with Gasteiger partial charge in [0.15, 0.2) is 4.32 Å². The zero-order valence-electron chi connectivity index (χ0n) is 12.7. The number of aryl methyl sites for hydroxylation is 1. The van der Waals surface area contributed by atoms with Gasteiger partial charge in [0.1, 0.15) is 0 Å². The van der Waals surface area contributed by atoms with Crippen LogP contribution in [0.2, 0.25) is 0 Å². The summed E-state index contributed by atoms with van der Waals surface area (Å²) in [4.78, 5) is 0.297. The molecule has 0 saturated carbocycles. The number of rotatable bonds is 4. The van der Waals surface area contributed by atoms with Gasteiger partial charge in [0, 0.05) is 5.75 Å². The molecule has 0 N–H and O–H groups in total. The molecule has 1 heterocycles. The molecule has 0 aromatic heterocycles. The van der Waals surface area contributed by atoms with Crippen molar-refractivity contribution in [3.8, 4) is 0 Å². The number of thioether (sulfide) groups is 1. The van der Waals surface area contributed by atoms with Crippen molar-refractivity contribution in [3.63, 3.8) is 0 Å². The molecule has 1 fully saturated rings. The Morgan fingerprint density at radius 2 is 1.78 bits per heavy atom. The van der Waals surface area contributed by atoms with Crippen LogP contribution in [0.1, 0.15) is 11.1 Å². The summed E-state index contributed by atoms with van der Waals surface area (Å²) < 4.78 is 27.8. The first-order valence-corrected chi connectivity index (χ1v) is 10.1. The lowest BCUT2D eigenvalue weighted by Crippen LogP contribution is -2.39. The predicted molar refractivity (Wildman–Crippen MR) is 99.2 cm³/mol. The van der Waals surface area contributed by atoms with Crippen LogP contribution in [0.25, 0.3) is 0 Å². The van der Waals surface area contributed by atoms with Crippen LogP contribution in [-0.4, -0.2) is 28.8 Å². The molecule has 1 aliphatic rings. The number of hydrogen-bond acceptors (Lipinski definition) is 4. The van der Waals surface area contributed by atoms with E-state index in [2.05, 4.69) is 0 Å². The van der Waals surface area contributed by atoms with Crippen molar-refractivity contribution >= 4 is 38.3 Å². The molecule has 1 atom stereocenters. The molecule has 0 spiro atoms. The maximum Gasteiger partial charge on any atom is 0.265 e.